The number of halogens is 1. The Balaban J connectivity index is 0.823. The van der Waals surface area contributed by atoms with E-state index in [0.29, 0.717) is 60.0 Å². The second-order valence-corrected chi connectivity index (χ2v) is 16.5. The van der Waals surface area contributed by atoms with E-state index in [2.05, 4.69) is 36.1 Å². The largest absolute Gasteiger partial charge is 0.496 e. The number of carbonyl (C=O) groups excluding carboxylic acids is 4. The zero-order valence-corrected chi connectivity index (χ0v) is 33.4. The molecule has 58 heavy (non-hydrogen) atoms. The number of piperazine rings is 1. The summed E-state index contributed by atoms with van der Waals surface area (Å²) < 4.78 is 22.3. The summed E-state index contributed by atoms with van der Waals surface area (Å²) >= 11 is 0. The first-order chi connectivity index (χ1) is 28.1. The lowest BCUT2D eigenvalue weighted by atomic mass is 9.64. The Morgan fingerprint density at radius 2 is 1.67 bits per heavy atom. The summed E-state index contributed by atoms with van der Waals surface area (Å²) in [6.07, 6.45) is 9.05. The van der Waals surface area contributed by atoms with Gasteiger partial charge in [-0.25, -0.2) is 4.39 Å². The van der Waals surface area contributed by atoms with Crippen molar-refractivity contribution >= 4 is 51.6 Å². The summed E-state index contributed by atoms with van der Waals surface area (Å²) in [7, 11) is 1.62. The van der Waals surface area contributed by atoms with E-state index in [1.165, 1.54) is 0 Å². The van der Waals surface area contributed by atoms with Gasteiger partial charge in [0.05, 0.1) is 47.9 Å². The SMILES string of the molecule is CCC1(CC)C(=O)N(c2cncc3[nH]ccc23)[C@H]1c1cc(F)c(N2CCC(CN3CCN(c4ccc5c(c4)CN([C@H]4CCC(=O)NC4=O)C5=O)CC3)CC2)cc1OC. The summed E-state index contributed by atoms with van der Waals surface area (Å²) in [6, 6.07) is 10.3. The first-order valence-electron chi connectivity index (χ1n) is 20.8. The van der Waals surface area contributed by atoms with Crippen LogP contribution in [0.25, 0.3) is 10.9 Å². The number of pyridine rings is 1. The van der Waals surface area contributed by atoms with Crippen LogP contribution in [0.15, 0.2) is 55.0 Å². The molecular weight excluding hydrogens is 740 g/mol. The predicted molar refractivity (Wildman–Crippen MR) is 218 cm³/mol. The number of anilines is 3. The van der Waals surface area contributed by atoms with Crippen LogP contribution in [0.2, 0.25) is 0 Å². The van der Waals surface area contributed by atoms with Gasteiger partial charge >= 0.3 is 0 Å². The number of methoxy groups -OCH3 is 1. The Labute approximate surface area is 337 Å². The van der Waals surface area contributed by atoms with Crippen molar-refractivity contribution in [2.75, 3.05) is 67.6 Å². The van der Waals surface area contributed by atoms with Gasteiger partial charge in [-0.3, -0.25) is 34.4 Å². The number of aromatic nitrogens is 2. The molecule has 0 radical (unpaired) electrons. The number of imide groups is 1. The van der Waals surface area contributed by atoms with Gasteiger partial charge in [-0.2, -0.15) is 0 Å². The first-order valence-corrected chi connectivity index (χ1v) is 20.8. The summed E-state index contributed by atoms with van der Waals surface area (Å²) in [4.78, 5) is 69.3. The molecule has 0 aliphatic carbocycles. The number of fused-ring (bicyclic) bond motifs is 2. The number of benzene rings is 2. The van der Waals surface area contributed by atoms with Crippen LogP contribution in [0.1, 0.15) is 79.9 Å². The number of hydrogen-bond donors (Lipinski definition) is 2. The van der Waals surface area contributed by atoms with Crippen LogP contribution < -0.4 is 24.8 Å². The number of nitrogens with zero attached hydrogens (tertiary/aromatic N) is 6. The molecule has 14 heteroatoms. The van der Waals surface area contributed by atoms with Crippen LogP contribution in [0.5, 0.6) is 5.75 Å². The average Bonchev–Trinajstić information content (AvgIpc) is 3.85. The van der Waals surface area contributed by atoms with Gasteiger partial charge in [-0.15, -0.1) is 0 Å². The van der Waals surface area contributed by atoms with Crippen molar-refractivity contribution in [1.29, 1.82) is 0 Å². The molecular formula is C44H51FN8O5. The Morgan fingerprint density at radius 3 is 2.40 bits per heavy atom. The van der Waals surface area contributed by atoms with Crippen molar-refractivity contribution in [3.05, 3.63) is 77.5 Å². The normalized spacial score (nSPS) is 22.8. The minimum atomic E-state index is -0.674. The lowest BCUT2D eigenvalue weighted by molar-refractivity contribution is -0.141. The molecule has 2 atom stereocenters. The second-order valence-electron chi connectivity index (χ2n) is 16.5. The molecule has 0 saturated carbocycles. The predicted octanol–water partition coefficient (Wildman–Crippen LogP) is 5.40. The number of piperidine rings is 2. The first kappa shape index (κ1) is 38.0. The van der Waals surface area contributed by atoms with E-state index < -0.39 is 23.4 Å². The number of β-lactam (4-membered cyclic amide) rings is 1. The third-order valence-electron chi connectivity index (χ3n) is 13.7. The molecule has 2 aromatic heterocycles. The van der Waals surface area contributed by atoms with Gasteiger partial charge in [0.15, 0.2) is 0 Å². The number of ether oxygens (including phenoxy) is 1. The number of rotatable bonds is 10. The topological polar surface area (TPSA) is 134 Å². The standard InChI is InChI=1S/C44H51FN8O5/c1-4-44(5-2)40(53(43(44)57)37-24-46-23-34-31(37)10-13-47-34)32-21-33(45)36(22-38(32)58-3)51-14-11-27(12-15-51)25-49-16-18-50(19-17-49)29-6-7-30-28(20-29)26-52(42(30)56)35-8-9-39(54)48-41(35)55/h6-7,10,13,20-24,27,35,40,47H,4-5,8-9,11-12,14-19,25-26H2,1-3H3,(H,48,54,55)/t35-,40-/m0/s1. The van der Waals surface area contributed by atoms with E-state index >= 15 is 4.39 Å². The summed E-state index contributed by atoms with van der Waals surface area (Å²) in [5.74, 6) is -0.0294. The van der Waals surface area contributed by atoms with Crippen LogP contribution in [0, 0.1) is 17.2 Å². The van der Waals surface area contributed by atoms with Crippen LogP contribution in [0.3, 0.4) is 0 Å². The van der Waals surface area contributed by atoms with Crippen molar-refractivity contribution in [3.8, 4) is 5.75 Å². The number of amides is 4. The van der Waals surface area contributed by atoms with E-state index in [9.17, 15) is 19.2 Å². The Morgan fingerprint density at radius 1 is 0.897 bits per heavy atom. The van der Waals surface area contributed by atoms with Crippen molar-refractivity contribution < 1.29 is 28.3 Å². The molecule has 4 fully saturated rings. The lowest BCUT2D eigenvalue weighted by Gasteiger charge is -2.56. The van der Waals surface area contributed by atoms with E-state index in [1.807, 2.05) is 44.3 Å². The number of hydrogen-bond acceptors (Lipinski definition) is 9. The van der Waals surface area contributed by atoms with Gasteiger partial charge in [-0.1, -0.05) is 13.8 Å². The molecule has 13 nitrogen and oxygen atoms in total. The molecule has 4 amide bonds. The third-order valence-corrected chi connectivity index (χ3v) is 13.7. The van der Waals surface area contributed by atoms with E-state index in [-0.39, 0.29) is 30.0 Å². The Kier molecular flexibility index (Phi) is 9.85. The van der Waals surface area contributed by atoms with E-state index in [1.54, 1.807) is 35.4 Å². The third kappa shape index (κ3) is 6.27. The van der Waals surface area contributed by atoms with Gasteiger partial charge in [0, 0.05) is 93.2 Å². The van der Waals surface area contributed by atoms with Gasteiger partial charge in [0.2, 0.25) is 17.7 Å². The van der Waals surface area contributed by atoms with Crippen LogP contribution in [-0.4, -0.2) is 102 Å². The molecule has 7 heterocycles. The van der Waals surface area contributed by atoms with Crippen molar-refractivity contribution in [2.24, 2.45) is 11.3 Å². The minimum absolute atomic E-state index is 0.0223. The molecule has 0 spiro atoms. The lowest BCUT2D eigenvalue weighted by Crippen LogP contribution is -2.63. The zero-order valence-electron chi connectivity index (χ0n) is 33.4. The smallest absolute Gasteiger partial charge is 0.255 e. The highest BCUT2D eigenvalue weighted by atomic mass is 19.1. The molecule has 0 bridgehead atoms. The molecule has 4 saturated heterocycles. The number of nitrogens with one attached hydrogen (secondary N) is 2. The van der Waals surface area contributed by atoms with Crippen LogP contribution in [0.4, 0.5) is 21.5 Å². The molecule has 2 aromatic carbocycles. The van der Waals surface area contributed by atoms with Crippen molar-refractivity contribution in [1.82, 2.24) is 25.1 Å². The maximum Gasteiger partial charge on any atom is 0.255 e. The van der Waals surface area contributed by atoms with Gasteiger partial charge in [-0.05, 0) is 73.9 Å². The molecule has 2 N–H and O–H groups in total. The number of carbonyl (C=O) groups is 4. The monoisotopic (exact) mass is 790 g/mol. The van der Waals surface area contributed by atoms with Gasteiger partial charge < -0.3 is 29.3 Å². The van der Waals surface area contributed by atoms with E-state index in [0.717, 1.165) is 80.8 Å². The Hall–Kier alpha value is -5.50. The molecule has 304 valence electrons. The fourth-order valence-electron chi connectivity index (χ4n) is 10.3. The van der Waals surface area contributed by atoms with Crippen LogP contribution >= 0.6 is 0 Å². The highest BCUT2D eigenvalue weighted by Crippen LogP contribution is 2.58. The summed E-state index contributed by atoms with van der Waals surface area (Å²) in [6.45, 7) is 10.5. The highest BCUT2D eigenvalue weighted by molar-refractivity contribution is 6.11. The maximum absolute atomic E-state index is 16.4. The minimum Gasteiger partial charge on any atom is -0.496 e. The highest BCUT2D eigenvalue weighted by Gasteiger charge is 2.60. The zero-order chi connectivity index (χ0) is 40.3. The molecule has 0 unspecified atom stereocenters. The molecule has 4 aromatic rings. The van der Waals surface area contributed by atoms with Gasteiger partial charge in [0.1, 0.15) is 17.6 Å². The average molecular weight is 791 g/mol. The van der Waals surface area contributed by atoms with Crippen molar-refractivity contribution in [2.45, 2.75) is 71.0 Å². The summed E-state index contributed by atoms with van der Waals surface area (Å²) in [5, 5.41) is 3.27. The Bertz CT molecular complexity index is 2270. The molecule has 5 aliphatic heterocycles. The fraction of sp³-hybridized carbons (Fsp3) is 0.477. The molecule has 5 aliphatic rings. The summed E-state index contributed by atoms with van der Waals surface area (Å²) in [5.41, 5.74) is 4.72. The maximum atomic E-state index is 16.4. The second kappa shape index (κ2) is 15.0. The van der Waals surface area contributed by atoms with E-state index in [4.69, 9.17) is 4.74 Å². The van der Waals surface area contributed by atoms with Crippen molar-refractivity contribution in [3.63, 3.8) is 0 Å². The number of H-pyrrole nitrogens is 1. The van der Waals surface area contributed by atoms with Crippen LogP contribution in [-0.2, 0) is 20.9 Å². The molecule has 9 rings (SSSR count). The number of aromatic amines is 1. The van der Waals surface area contributed by atoms with Gasteiger partial charge in [0.25, 0.3) is 5.91 Å². The fourth-order valence-corrected chi connectivity index (χ4v) is 10.3. The quantitative estimate of drug-likeness (QED) is 0.160.